The predicted molar refractivity (Wildman–Crippen MR) is 121 cm³/mol. The molecule has 0 bridgehead atoms. The topological polar surface area (TPSA) is 75.7 Å². The van der Waals surface area contributed by atoms with Crippen molar-refractivity contribution in [2.24, 2.45) is 0 Å². The van der Waals surface area contributed by atoms with E-state index in [1.165, 1.54) is 40.7 Å². The maximum absolute atomic E-state index is 13.0. The van der Waals surface area contributed by atoms with Crippen LogP contribution in [0.1, 0.15) is 18.4 Å². The molecule has 2 aromatic carbocycles. The largest absolute Gasteiger partial charge is 0.457 e. The standard InChI is InChI=1S/C22H20ClFN2O4S2/c23-20-11-12-21(31-20)32(28,29)26-13-1-2-19(26)22(27)25-14-15-3-7-17(8-4-15)30-18-9-5-16(24)6-10-18/h3-12,19H,1-2,13-14H2,(H,25,27)/t19-/m0/s1. The number of halogens is 2. The first-order valence-corrected chi connectivity index (χ1v) is 12.5. The Hall–Kier alpha value is -2.46. The summed E-state index contributed by atoms with van der Waals surface area (Å²) in [4.78, 5) is 12.8. The van der Waals surface area contributed by atoms with Gasteiger partial charge in [-0.25, -0.2) is 12.8 Å². The van der Waals surface area contributed by atoms with Crippen LogP contribution in [0.15, 0.2) is 64.9 Å². The van der Waals surface area contributed by atoms with Gasteiger partial charge in [-0.1, -0.05) is 23.7 Å². The maximum atomic E-state index is 13.0. The lowest BCUT2D eigenvalue weighted by atomic mass is 10.2. The number of ether oxygens (including phenoxy) is 1. The number of nitrogens with one attached hydrogen (secondary N) is 1. The number of thiophene rings is 1. The van der Waals surface area contributed by atoms with Gasteiger partial charge in [0.25, 0.3) is 10.0 Å². The molecule has 1 atom stereocenters. The van der Waals surface area contributed by atoms with Gasteiger partial charge >= 0.3 is 0 Å². The predicted octanol–water partition coefficient (Wildman–Crippen LogP) is 4.80. The zero-order chi connectivity index (χ0) is 22.7. The van der Waals surface area contributed by atoms with Crippen molar-refractivity contribution in [2.75, 3.05) is 6.54 Å². The first kappa shape index (κ1) is 22.7. The van der Waals surface area contributed by atoms with E-state index in [0.717, 1.165) is 16.9 Å². The van der Waals surface area contributed by atoms with E-state index in [2.05, 4.69) is 5.32 Å². The lowest BCUT2D eigenvalue weighted by Gasteiger charge is -2.22. The third-order valence-corrected chi connectivity index (χ3v) is 8.66. The number of rotatable bonds is 7. The molecule has 4 rings (SSSR count). The van der Waals surface area contributed by atoms with Crippen molar-refractivity contribution in [3.63, 3.8) is 0 Å². The molecule has 1 N–H and O–H groups in total. The van der Waals surface area contributed by atoms with Crippen molar-refractivity contribution in [1.29, 1.82) is 0 Å². The van der Waals surface area contributed by atoms with Crippen LogP contribution >= 0.6 is 22.9 Å². The number of nitrogens with zero attached hydrogens (tertiary/aromatic N) is 1. The Morgan fingerprint density at radius 2 is 1.75 bits per heavy atom. The van der Waals surface area contributed by atoms with Gasteiger partial charge in [-0.3, -0.25) is 4.79 Å². The molecular weight excluding hydrogens is 475 g/mol. The van der Waals surface area contributed by atoms with E-state index in [1.54, 1.807) is 24.3 Å². The Balaban J connectivity index is 1.36. The second kappa shape index (κ2) is 9.58. The fourth-order valence-corrected chi connectivity index (χ4v) is 6.73. The van der Waals surface area contributed by atoms with Gasteiger partial charge in [0.2, 0.25) is 5.91 Å². The van der Waals surface area contributed by atoms with Crippen molar-refractivity contribution in [3.8, 4) is 11.5 Å². The second-order valence-electron chi connectivity index (χ2n) is 7.25. The van der Waals surface area contributed by atoms with Gasteiger partial charge in [0.05, 0.1) is 4.34 Å². The number of benzene rings is 2. The second-order valence-corrected chi connectivity index (χ2v) is 11.1. The minimum Gasteiger partial charge on any atom is -0.457 e. The normalized spacial score (nSPS) is 16.8. The van der Waals surface area contributed by atoms with Gasteiger partial charge in [0.15, 0.2) is 0 Å². The summed E-state index contributed by atoms with van der Waals surface area (Å²) in [5.74, 6) is 0.424. The van der Waals surface area contributed by atoms with Gasteiger partial charge in [-0.15, -0.1) is 11.3 Å². The van der Waals surface area contributed by atoms with E-state index in [9.17, 15) is 17.6 Å². The Morgan fingerprint density at radius 1 is 1.09 bits per heavy atom. The molecule has 0 saturated carbocycles. The molecule has 6 nitrogen and oxygen atoms in total. The fourth-order valence-electron chi connectivity index (χ4n) is 3.46. The Morgan fingerprint density at radius 3 is 2.38 bits per heavy atom. The fraction of sp³-hybridized carbons (Fsp3) is 0.227. The summed E-state index contributed by atoms with van der Waals surface area (Å²) in [6, 6.07) is 15.1. The molecule has 32 heavy (non-hydrogen) atoms. The highest BCUT2D eigenvalue weighted by Crippen LogP contribution is 2.32. The molecule has 10 heteroatoms. The number of sulfonamides is 1. The molecule has 0 radical (unpaired) electrons. The minimum atomic E-state index is -3.77. The Kier molecular flexibility index (Phi) is 6.80. The van der Waals surface area contributed by atoms with Gasteiger partial charge in [-0.2, -0.15) is 4.31 Å². The first-order chi connectivity index (χ1) is 15.3. The van der Waals surface area contributed by atoms with Gasteiger partial charge in [0.1, 0.15) is 27.6 Å². The highest BCUT2D eigenvalue weighted by Gasteiger charge is 2.39. The average Bonchev–Trinajstić information content (AvgIpc) is 3.45. The molecule has 1 aromatic heterocycles. The smallest absolute Gasteiger partial charge is 0.253 e. The van der Waals surface area contributed by atoms with E-state index in [1.807, 2.05) is 0 Å². The van der Waals surface area contributed by atoms with Crippen LogP contribution in [-0.4, -0.2) is 31.2 Å². The van der Waals surface area contributed by atoms with E-state index in [-0.39, 0.29) is 22.5 Å². The van der Waals surface area contributed by atoms with E-state index < -0.39 is 16.1 Å². The molecule has 2 heterocycles. The van der Waals surface area contributed by atoms with Crippen LogP contribution in [0.3, 0.4) is 0 Å². The van der Waals surface area contributed by atoms with Crippen molar-refractivity contribution in [3.05, 3.63) is 76.4 Å². The highest BCUT2D eigenvalue weighted by atomic mass is 35.5. The zero-order valence-electron chi connectivity index (χ0n) is 16.8. The molecule has 0 unspecified atom stereocenters. The zero-order valence-corrected chi connectivity index (χ0v) is 19.2. The first-order valence-electron chi connectivity index (χ1n) is 9.90. The average molecular weight is 495 g/mol. The SMILES string of the molecule is O=C(NCc1ccc(Oc2ccc(F)cc2)cc1)[C@@H]1CCCN1S(=O)(=O)c1ccc(Cl)s1. The van der Waals surface area contributed by atoms with Crippen LogP contribution in [0, 0.1) is 5.82 Å². The number of amides is 1. The van der Waals surface area contributed by atoms with Crippen molar-refractivity contribution in [1.82, 2.24) is 9.62 Å². The van der Waals surface area contributed by atoms with Crippen LogP contribution in [0.5, 0.6) is 11.5 Å². The molecule has 1 aliphatic heterocycles. The lowest BCUT2D eigenvalue weighted by Crippen LogP contribution is -2.45. The summed E-state index contributed by atoms with van der Waals surface area (Å²) in [6.07, 6.45) is 1.08. The summed E-state index contributed by atoms with van der Waals surface area (Å²) in [5, 5.41) is 2.82. The molecule has 1 fully saturated rings. The molecular formula is C22H20ClFN2O4S2. The molecule has 168 valence electrons. The molecule has 1 saturated heterocycles. The van der Waals surface area contributed by atoms with Gasteiger partial charge in [0, 0.05) is 13.1 Å². The number of carbonyl (C=O) groups excluding carboxylic acids is 1. The monoisotopic (exact) mass is 494 g/mol. The molecule has 1 amide bonds. The quantitative estimate of drug-likeness (QED) is 0.512. The van der Waals surface area contributed by atoms with Crippen LogP contribution in [0.2, 0.25) is 4.34 Å². The molecule has 0 aliphatic carbocycles. The summed E-state index contributed by atoms with van der Waals surface area (Å²) >= 11 is 6.87. The summed E-state index contributed by atoms with van der Waals surface area (Å²) in [5.41, 5.74) is 0.835. The van der Waals surface area contributed by atoms with Crippen LogP contribution < -0.4 is 10.1 Å². The third kappa shape index (κ3) is 5.12. The van der Waals surface area contributed by atoms with Crippen molar-refractivity contribution >= 4 is 38.9 Å². The van der Waals surface area contributed by atoms with Crippen molar-refractivity contribution < 1.29 is 22.3 Å². The van der Waals surface area contributed by atoms with Gasteiger partial charge in [-0.05, 0) is 66.9 Å². The minimum absolute atomic E-state index is 0.138. The molecule has 0 spiro atoms. The number of carbonyl (C=O) groups is 1. The Labute approximate surface area is 194 Å². The van der Waals surface area contributed by atoms with Crippen LogP contribution in [0.4, 0.5) is 4.39 Å². The van der Waals surface area contributed by atoms with Crippen molar-refractivity contribution in [2.45, 2.75) is 29.6 Å². The van der Waals surface area contributed by atoms with E-state index >= 15 is 0 Å². The molecule has 1 aliphatic rings. The van der Waals surface area contributed by atoms with Crippen LogP contribution in [0.25, 0.3) is 0 Å². The summed E-state index contributed by atoms with van der Waals surface area (Å²) < 4.78 is 46.2. The summed E-state index contributed by atoms with van der Waals surface area (Å²) in [7, 11) is -3.77. The number of hydrogen-bond donors (Lipinski definition) is 1. The highest BCUT2D eigenvalue weighted by molar-refractivity contribution is 7.91. The van der Waals surface area contributed by atoms with Gasteiger partial charge < -0.3 is 10.1 Å². The Bertz CT molecular complexity index is 1200. The van der Waals surface area contributed by atoms with E-state index in [0.29, 0.717) is 35.2 Å². The third-order valence-electron chi connectivity index (χ3n) is 5.06. The van der Waals surface area contributed by atoms with Crippen LogP contribution in [-0.2, 0) is 21.4 Å². The molecule has 3 aromatic rings. The maximum Gasteiger partial charge on any atom is 0.253 e. The lowest BCUT2D eigenvalue weighted by molar-refractivity contribution is -0.124. The summed E-state index contributed by atoms with van der Waals surface area (Å²) in [6.45, 7) is 0.552. The number of hydrogen-bond acceptors (Lipinski definition) is 5. The van der Waals surface area contributed by atoms with E-state index in [4.69, 9.17) is 16.3 Å².